The van der Waals surface area contributed by atoms with Crippen LogP contribution < -0.4 is 5.73 Å². The highest BCUT2D eigenvalue weighted by Gasteiger charge is 2.31. The lowest BCUT2D eigenvalue weighted by molar-refractivity contribution is 0.0415. The van der Waals surface area contributed by atoms with Crippen molar-refractivity contribution in [3.63, 3.8) is 0 Å². The summed E-state index contributed by atoms with van der Waals surface area (Å²) in [6.07, 6.45) is 8.85. The normalized spacial score (nSPS) is 33.0. The number of hydrogen-bond acceptors (Lipinski definition) is 3. The van der Waals surface area contributed by atoms with Gasteiger partial charge in [-0.25, -0.2) is 0 Å². The molecule has 0 saturated heterocycles. The first-order chi connectivity index (χ1) is 7.31. The SMILES string of the molecule is NC1CCC(N(CCO)C2CCC2)CC1. The summed E-state index contributed by atoms with van der Waals surface area (Å²) in [5, 5.41) is 9.12. The first-order valence-electron chi connectivity index (χ1n) is 6.43. The third kappa shape index (κ3) is 2.71. The van der Waals surface area contributed by atoms with Gasteiger partial charge in [-0.3, -0.25) is 4.90 Å². The summed E-state index contributed by atoms with van der Waals surface area (Å²) < 4.78 is 0. The van der Waals surface area contributed by atoms with Crippen LogP contribution in [0, 0.1) is 0 Å². The Kier molecular flexibility index (Phi) is 4.00. The Morgan fingerprint density at radius 2 is 1.60 bits per heavy atom. The van der Waals surface area contributed by atoms with Gasteiger partial charge in [0.15, 0.2) is 0 Å². The lowest BCUT2D eigenvalue weighted by Gasteiger charge is -2.44. The van der Waals surface area contributed by atoms with Crippen LogP contribution in [0.25, 0.3) is 0 Å². The van der Waals surface area contributed by atoms with E-state index in [1.54, 1.807) is 0 Å². The number of aliphatic hydroxyl groups excluding tert-OH is 1. The quantitative estimate of drug-likeness (QED) is 0.734. The fourth-order valence-electron chi connectivity index (χ4n) is 2.93. The van der Waals surface area contributed by atoms with Crippen LogP contribution in [0.3, 0.4) is 0 Å². The van der Waals surface area contributed by atoms with E-state index in [2.05, 4.69) is 4.90 Å². The number of nitrogens with zero attached hydrogens (tertiary/aromatic N) is 1. The average Bonchev–Trinajstić information content (AvgIpc) is 2.16. The molecule has 0 aromatic heterocycles. The van der Waals surface area contributed by atoms with Crippen LogP contribution in [0.2, 0.25) is 0 Å². The summed E-state index contributed by atoms with van der Waals surface area (Å²) in [4.78, 5) is 2.55. The molecule has 0 bridgehead atoms. The molecule has 0 aromatic carbocycles. The first-order valence-corrected chi connectivity index (χ1v) is 6.43. The van der Waals surface area contributed by atoms with E-state index in [0.717, 1.165) is 12.6 Å². The maximum absolute atomic E-state index is 9.12. The minimum absolute atomic E-state index is 0.305. The second-order valence-corrected chi connectivity index (χ2v) is 5.11. The molecule has 2 aliphatic rings. The minimum atomic E-state index is 0.305. The molecule has 0 radical (unpaired) electrons. The number of nitrogens with two attached hydrogens (primary N) is 1. The molecule has 0 amide bonds. The van der Waals surface area contributed by atoms with Crippen LogP contribution in [0.15, 0.2) is 0 Å². The highest BCUT2D eigenvalue weighted by atomic mass is 16.3. The first kappa shape index (κ1) is 11.4. The van der Waals surface area contributed by atoms with Gasteiger partial charge in [-0.15, -0.1) is 0 Å². The molecule has 3 N–H and O–H groups in total. The molecule has 3 heteroatoms. The summed E-state index contributed by atoms with van der Waals surface area (Å²) in [5.41, 5.74) is 5.93. The maximum Gasteiger partial charge on any atom is 0.0558 e. The second kappa shape index (κ2) is 5.28. The standard InChI is InChI=1S/C12H24N2O/c13-10-4-6-12(7-5-10)14(8-9-15)11-2-1-3-11/h10-12,15H,1-9,13H2. The van der Waals surface area contributed by atoms with E-state index >= 15 is 0 Å². The van der Waals surface area contributed by atoms with Gasteiger partial charge in [0.05, 0.1) is 6.61 Å². The van der Waals surface area contributed by atoms with Crippen molar-refractivity contribution in [3.05, 3.63) is 0 Å². The van der Waals surface area contributed by atoms with E-state index in [1.165, 1.54) is 44.9 Å². The molecular weight excluding hydrogens is 188 g/mol. The van der Waals surface area contributed by atoms with Crippen molar-refractivity contribution in [2.45, 2.75) is 63.1 Å². The Morgan fingerprint density at radius 3 is 2.07 bits per heavy atom. The number of rotatable bonds is 4. The summed E-state index contributed by atoms with van der Waals surface area (Å²) in [5.74, 6) is 0. The molecule has 3 nitrogen and oxygen atoms in total. The van der Waals surface area contributed by atoms with Crippen LogP contribution in [-0.2, 0) is 0 Å². The summed E-state index contributed by atoms with van der Waals surface area (Å²) in [6.45, 7) is 1.17. The van der Waals surface area contributed by atoms with Crippen LogP contribution in [0.4, 0.5) is 0 Å². The highest BCUT2D eigenvalue weighted by molar-refractivity contribution is 4.88. The lowest BCUT2D eigenvalue weighted by Crippen LogP contribution is -2.50. The van der Waals surface area contributed by atoms with Crippen molar-refractivity contribution >= 4 is 0 Å². The molecule has 2 fully saturated rings. The zero-order valence-corrected chi connectivity index (χ0v) is 9.57. The van der Waals surface area contributed by atoms with Gasteiger partial charge in [0, 0.05) is 24.7 Å². The van der Waals surface area contributed by atoms with Gasteiger partial charge in [0.25, 0.3) is 0 Å². The molecule has 0 unspecified atom stereocenters. The van der Waals surface area contributed by atoms with Crippen LogP contribution in [-0.4, -0.2) is 41.3 Å². The largest absolute Gasteiger partial charge is 0.395 e. The molecule has 88 valence electrons. The van der Waals surface area contributed by atoms with Crippen LogP contribution >= 0.6 is 0 Å². The zero-order valence-electron chi connectivity index (χ0n) is 9.57. The fraction of sp³-hybridized carbons (Fsp3) is 1.00. The monoisotopic (exact) mass is 212 g/mol. The molecule has 0 atom stereocenters. The molecule has 0 spiro atoms. The van der Waals surface area contributed by atoms with Crippen molar-refractivity contribution in [2.75, 3.05) is 13.2 Å². The van der Waals surface area contributed by atoms with Gasteiger partial charge in [0.2, 0.25) is 0 Å². The molecule has 2 saturated carbocycles. The third-order valence-electron chi connectivity index (χ3n) is 4.11. The molecule has 15 heavy (non-hydrogen) atoms. The average molecular weight is 212 g/mol. The van der Waals surface area contributed by atoms with Crippen molar-refractivity contribution in [1.82, 2.24) is 4.90 Å². The van der Waals surface area contributed by atoms with Gasteiger partial charge < -0.3 is 10.8 Å². The van der Waals surface area contributed by atoms with Gasteiger partial charge in [-0.05, 0) is 38.5 Å². The molecule has 0 aliphatic heterocycles. The van der Waals surface area contributed by atoms with E-state index in [9.17, 15) is 0 Å². The van der Waals surface area contributed by atoms with E-state index in [4.69, 9.17) is 10.8 Å². The van der Waals surface area contributed by atoms with Crippen molar-refractivity contribution in [1.29, 1.82) is 0 Å². The van der Waals surface area contributed by atoms with Gasteiger partial charge in [-0.2, -0.15) is 0 Å². The zero-order chi connectivity index (χ0) is 10.7. The summed E-state index contributed by atoms with van der Waals surface area (Å²) in [7, 11) is 0. The maximum atomic E-state index is 9.12. The Bertz CT molecular complexity index is 186. The Morgan fingerprint density at radius 1 is 1.00 bits per heavy atom. The number of hydrogen-bond donors (Lipinski definition) is 2. The fourth-order valence-corrected chi connectivity index (χ4v) is 2.93. The highest BCUT2D eigenvalue weighted by Crippen LogP contribution is 2.31. The Hall–Kier alpha value is -0.120. The predicted molar refractivity (Wildman–Crippen MR) is 61.7 cm³/mol. The van der Waals surface area contributed by atoms with Crippen molar-refractivity contribution in [2.24, 2.45) is 5.73 Å². The predicted octanol–water partition coefficient (Wildman–Crippen LogP) is 1.10. The Labute approximate surface area is 92.6 Å². The van der Waals surface area contributed by atoms with Crippen molar-refractivity contribution in [3.8, 4) is 0 Å². The van der Waals surface area contributed by atoms with Gasteiger partial charge in [-0.1, -0.05) is 6.42 Å². The summed E-state index contributed by atoms with van der Waals surface area (Å²) in [6, 6.07) is 1.89. The molecule has 0 heterocycles. The van der Waals surface area contributed by atoms with Gasteiger partial charge >= 0.3 is 0 Å². The topological polar surface area (TPSA) is 49.5 Å². The molecule has 2 aliphatic carbocycles. The second-order valence-electron chi connectivity index (χ2n) is 5.11. The third-order valence-corrected chi connectivity index (χ3v) is 4.11. The molecule has 0 aromatic rings. The van der Waals surface area contributed by atoms with E-state index < -0.39 is 0 Å². The van der Waals surface area contributed by atoms with Gasteiger partial charge in [0.1, 0.15) is 0 Å². The number of aliphatic hydroxyl groups is 1. The molecular formula is C12H24N2O. The van der Waals surface area contributed by atoms with E-state index in [-0.39, 0.29) is 0 Å². The molecule has 2 rings (SSSR count). The summed E-state index contributed by atoms with van der Waals surface area (Å²) >= 11 is 0. The smallest absolute Gasteiger partial charge is 0.0558 e. The van der Waals surface area contributed by atoms with E-state index in [1.807, 2.05) is 0 Å². The van der Waals surface area contributed by atoms with Crippen molar-refractivity contribution < 1.29 is 5.11 Å². The van der Waals surface area contributed by atoms with Crippen LogP contribution in [0.5, 0.6) is 0 Å². The van der Waals surface area contributed by atoms with E-state index in [0.29, 0.717) is 18.7 Å². The Balaban J connectivity index is 1.86. The minimum Gasteiger partial charge on any atom is -0.395 e. The van der Waals surface area contributed by atoms with Crippen LogP contribution in [0.1, 0.15) is 44.9 Å². The lowest BCUT2D eigenvalue weighted by atomic mass is 9.85.